The second-order valence-corrected chi connectivity index (χ2v) is 11.1. The molecule has 2 amide bonds. The zero-order valence-corrected chi connectivity index (χ0v) is 25.3. The molecule has 0 aromatic carbocycles. The average Bonchev–Trinajstić information content (AvgIpc) is 2.92. The first-order valence-electron chi connectivity index (χ1n) is 15.9. The number of aliphatic carboxylic acids is 3. The summed E-state index contributed by atoms with van der Waals surface area (Å²) < 4.78 is 0. The van der Waals surface area contributed by atoms with Gasteiger partial charge in [-0.15, -0.1) is 0 Å². The first-order chi connectivity index (χ1) is 19.7. The molecule has 0 saturated heterocycles. The van der Waals surface area contributed by atoms with Crippen molar-refractivity contribution in [3.05, 3.63) is 0 Å². The molecule has 5 N–H and O–H groups in total. The van der Waals surface area contributed by atoms with E-state index >= 15 is 0 Å². The van der Waals surface area contributed by atoms with E-state index in [1.165, 1.54) is 44.9 Å². The minimum absolute atomic E-state index is 0.00143. The number of nitrogens with one attached hydrogen (secondary N) is 2. The molecule has 0 aromatic heterocycles. The lowest BCUT2D eigenvalue weighted by Gasteiger charge is -2.14. The molecule has 0 aliphatic carbocycles. The normalized spacial score (nSPS) is 12.4. The first kappa shape index (κ1) is 38.4. The first-order valence-corrected chi connectivity index (χ1v) is 15.9. The molecule has 0 aliphatic heterocycles. The predicted octanol–water partition coefficient (Wildman–Crippen LogP) is 6.06. The molecule has 0 bridgehead atoms. The van der Waals surface area contributed by atoms with Crippen molar-refractivity contribution in [1.29, 1.82) is 0 Å². The van der Waals surface area contributed by atoms with Crippen LogP contribution >= 0.6 is 0 Å². The summed E-state index contributed by atoms with van der Waals surface area (Å²) in [4.78, 5) is 57.2. The minimum Gasteiger partial charge on any atom is -0.481 e. The lowest BCUT2D eigenvalue weighted by Crippen LogP contribution is -2.41. The summed E-state index contributed by atoms with van der Waals surface area (Å²) in [6, 6.07) is -1.09. The Balaban J connectivity index is 3.73. The van der Waals surface area contributed by atoms with E-state index in [0.717, 1.165) is 38.5 Å². The zero-order chi connectivity index (χ0) is 30.7. The molecule has 0 saturated carbocycles. The molecule has 41 heavy (non-hydrogen) atoms. The van der Waals surface area contributed by atoms with Crippen LogP contribution in [-0.2, 0) is 24.0 Å². The summed E-state index contributed by atoms with van der Waals surface area (Å²) in [5.74, 6) is -3.60. The van der Waals surface area contributed by atoms with Crippen molar-refractivity contribution in [2.45, 2.75) is 154 Å². The molecule has 0 rings (SSSR count). The second-order valence-electron chi connectivity index (χ2n) is 11.1. The van der Waals surface area contributed by atoms with Gasteiger partial charge in [-0.25, -0.2) is 4.79 Å². The summed E-state index contributed by atoms with van der Waals surface area (Å²) in [6.07, 6.45) is 18.4. The molecule has 2 atom stereocenters. The van der Waals surface area contributed by atoms with Crippen LogP contribution in [0.15, 0.2) is 0 Å². The highest BCUT2D eigenvalue weighted by Gasteiger charge is 2.21. The Labute approximate surface area is 246 Å². The van der Waals surface area contributed by atoms with Gasteiger partial charge in [0.05, 0.1) is 5.92 Å². The highest BCUT2D eigenvalue weighted by Crippen LogP contribution is 2.14. The minimum atomic E-state index is -1.15. The van der Waals surface area contributed by atoms with Gasteiger partial charge in [-0.3, -0.25) is 19.2 Å². The Morgan fingerprint density at radius 2 is 1.02 bits per heavy atom. The van der Waals surface area contributed by atoms with Gasteiger partial charge in [-0.05, 0) is 38.5 Å². The molecule has 0 radical (unpaired) electrons. The van der Waals surface area contributed by atoms with Gasteiger partial charge in [0, 0.05) is 25.8 Å². The van der Waals surface area contributed by atoms with Crippen LogP contribution in [0.3, 0.4) is 0 Å². The number of rotatable bonds is 29. The standard InChI is InChI=1S/C31H56N2O8/c1-2-25(30(38)39)19-17-18-24-32-27(34)23-22-26(31(40)41)33-28(35)20-15-13-11-9-7-5-3-4-6-8-10-12-14-16-21-29(36)37/h25-26H,2-24H2,1H3,(H,32,34)(H,33,35)(H,36,37)(H,38,39)(H,40,41)/t25-,26-/m0/s1. The summed E-state index contributed by atoms with van der Waals surface area (Å²) in [5.41, 5.74) is 0. The van der Waals surface area contributed by atoms with Gasteiger partial charge in [0.1, 0.15) is 6.04 Å². The number of hydrogen-bond acceptors (Lipinski definition) is 5. The van der Waals surface area contributed by atoms with E-state index in [1.54, 1.807) is 0 Å². The monoisotopic (exact) mass is 584 g/mol. The Morgan fingerprint density at radius 3 is 1.46 bits per heavy atom. The van der Waals surface area contributed by atoms with Crippen LogP contribution in [0.2, 0.25) is 0 Å². The van der Waals surface area contributed by atoms with Crippen molar-refractivity contribution < 1.29 is 39.3 Å². The van der Waals surface area contributed by atoms with Gasteiger partial charge in [-0.1, -0.05) is 90.4 Å². The number of carboxylic acid groups (broad SMARTS) is 3. The predicted molar refractivity (Wildman–Crippen MR) is 159 cm³/mol. The van der Waals surface area contributed by atoms with Crippen molar-refractivity contribution in [2.24, 2.45) is 5.92 Å². The maximum absolute atomic E-state index is 12.2. The fourth-order valence-electron chi connectivity index (χ4n) is 4.82. The highest BCUT2D eigenvalue weighted by molar-refractivity contribution is 5.84. The number of carbonyl (C=O) groups is 5. The Morgan fingerprint density at radius 1 is 0.537 bits per heavy atom. The highest BCUT2D eigenvalue weighted by atomic mass is 16.4. The van der Waals surface area contributed by atoms with Gasteiger partial charge in [0.15, 0.2) is 0 Å². The molecule has 0 fully saturated rings. The van der Waals surface area contributed by atoms with Gasteiger partial charge < -0.3 is 26.0 Å². The van der Waals surface area contributed by atoms with E-state index in [2.05, 4.69) is 10.6 Å². The van der Waals surface area contributed by atoms with Gasteiger partial charge in [-0.2, -0.15) is 0 Å². The van der Waals surface area contributed by atoms with Crippen molar-refractivity contribution in [1.82, 2.24) is 10.6 Å². The maximum atomic E-state index is 12.2. The van der Waals surface area contributed by atoms with Crippen molar-refractivity contribution in [3.63, 3.8) is 0 Å². The third kappa shape index (κ3) is 24.8. The molecule has 0 heterocycles. The third-order valence-electron chi connectivity index (χ3n) is 7.48. The van der Waals surface area contributed by atoms with E-state index in [-0.39, 0.29) is 43.4 Å². The second kappa shape index (κ2) is 26.3. The van der Waals surface area contributed by atoms with Gasteiger partial charge in [0.2, 0.25) is 11.8 Å². The summed E-state index contributed by atoms with van der Waals surface area (Å²) in [5, 5.41) is 32.3. The molecular weight excluding hydrogens is 528 g/mol. The van der Waals surface area contributed by atoms with E-state index in [4.69, 9.17) is 10.2 Å². The lowest BCUT2D eigenvalue weighted by atomic mass is 9.99. The molecule has 10 heteroatoms. The molecule has 0 unspecified atom stereocenters. The molecular formula is C31H56N2O8. The van der Waals surface area contributed by atoms with Crippen molar-refractivity contribution in [3.8, 4) is 0 Å². The lowest BCUT2D eigenvalue weighted by molar-refractivity contribution is -0.142. The molecule has 0 aliphatic rings. The third-order valence-corrected chi connectivity index (χ3v) is 7.48. The van der Waals surface area contributed by atoms with Crippen LogP contribution in [0.4, 0.5) is 0 Å². The van der Waals surface area contributed by atoms with Crippen LogP contribution in [0.5, 0.6) is 0 Å². The van der Waals surface area contributed by atoms with E-state index < -0.39 is 23.9 Å². The Bertz CT molecular complexity index is 744. The fourth-order valence-corrected chi connectivity index (χ4v) is 4.82. The average molecular weight is 585 g/mol. The fraction of sp³-hybridized carbons (Fsp3) is 0.839. The molecule has 0 spiro atoms. The van der Waals surface area contributed by atoms with Crippen molar-refractivity contribution in [2.75, 3.05) is 6.54 Å². The van der Waals surface area contributed by atoms with Crippen LogP contribution in [-0.4, -0.2) is 57.6 Å². The summed E-state index contributed by atoms with van der Waals surface area (Å²) in [6.45, 7) is 2.25. The zero-order valence-electron chi connectivity index (χ0n) is 25.3. The Kier molecular flexibility index (Phi) is 24.6. The SMILES string of the molecule is CC[C@@H](CCCCNC(=O)CC[C@H](NC(=O)CCCCCCCCCCCCCCCCC(=O)O)C(=O)O)C(=O)O. The number of carbonyl (C=O) groups excluding carboxylic acids is 2. The van der Waals surface area contributed by atoms with Crippen LogP contribution < -0.4 is 10.6 Å². The smallest absolute Gasteiger partial charge is 0.326 e. The summed E-state index contributed by atoms with van der Waals surface area (Å²) in [7, 11) is 0. The van der Waals surface area contributed by atoms with E-state index in [1.807, 2.05) is 6.92 Å². The molecule has 10 nitrogen and oxygen atoms in total. The molecule has 0 aromatic rings. The number of unbranched alkanes of at least 4 members (excludes halogenated alkanes) is 14. The largest absolute Gasteiger partial charge is 0.481 e. The van der Waals surface area contributed by atoms with Crippen LogP contribution in [0, 0.1) is 5.92 Å². The van der Waals surface area contributed by atoms with Crippen LogP contribution in [0.1, 0.15) is 148 Å². The quantitative estimate of drug-likeness (QED) is 0.0660. The maximum Gasteiger partial charge on any atom is 0.326 e. The van der Waals surface area contributed by atoms with Crippen molar-refractivity contribution >= 4 is 29.7 Å². The van der Waals surface area contributed by atoms with Gasteiger partial charge >= 0.3 is 17.9 Å². The topological polar surface area (TPSA) is 170 Å². The Hall–Kier alpha value is -2.65. The van der Waals surface area contributed by atoms with Gasteiger partial charge in [0.25, 0.3) is 0 Å². The van der Waals surface area contributed by atoms with E-state index in [9.17, 15) is 29.1 Å². The van der Waals surface area contributed by atoms with Crippen LogP contribution in [0.25, 0.3) is 0 Å². The number of carboxylic acids is 3. The van der Waals surface area contributed by atoms with E-state index in [0.29, 0.717) is 38.6 Å². The summed E-state index contributed by atoms with van der Waals surface area (Å²) >= 11 is 0. The number of amides is 2. The molecule has 238 valence electrons. The number of hydrogen-bond donors (Lipinski definition) is 5.